The summed E-state index contributed by atoms with van der Waals surface area (Å²) in [5.74, 6) is 1.63. The minimum absolute atomic E-state index is 0.0622. The van der Waals surface area contributed by atoms with Crippen LogP contribution < -0.4 is 11.0 Å². The predicted octanol–water partition coefficient (Wildman–Crippen LogP) is 2.82. The summed E-state index contributed by atoms with van der Waals surface area (Å²) in [6.07, 6.45) is 6.91. The Morgan fingerprint density at radius 3 is 2.76 bits per heavy atom. The van der Waals surface area contributed by atoms with Crippen molar-refractivity contribution < 1.29 is 4.79 Å². The Kier molecular flexibility index (Phi) is 4.85. The van der Waals surface area contributed by atoms with Gasteiger partial charge in [-0.15, -0.1) is 0 Å². The van der Waals surface area contributed by atoms with Gasteiger partial charge < -0.3 is 10.3 Å². The monoisotopic (exact) mass is 343 g/mol. The number of allylic oxidation sites excluding steroid dienone is 1. The van der Waals surface area contributed by atoms with E-state index in [1.807, 2.05) is 13.8 Å². The summed E-state index contributed by atoms with van der Waals surface area (Å²) in [4.78, 5) is 30.1. The highest BCUT2D eigenvalue weighted by molar-refractivity contribution is 5.76. The van der Waals surface area contributed by atoms with Crippen LogP contribution in [0.15, 0.2) is 16.4 Å². The number of aromatic nitrogens is 2. The fraction of sp³-hybridized carbons (Fsp3) is 0.650. The number of nitrogens with zero attached hydrogens (tertiary/aromatic N) is 1. The van der Waals surface area contributed by atoms with Crippen molar-refractivity contribution in [3.8, 4) is 0 Å². The zero-order valence-corrected chi connectivity index (χ0v) is 15.7. The number of hydrogen-bond donors (Lipinski definition) is 2. The standard InChI is InChI=1S/C20H29N3O2/c1-12-16(13(2)23-19(25)22-12)7-8-18(24)21-10-9-14-5-6-15-11-17(14)20(15,3)4/h5,15,17H,6-11H2,1-4H3,(H,21,24)(H,22,23,25)/t15-,17-/m0/s1. The van der Waals surface area contributed by atoms with E-state index in [4.69, 9.17) is 0 Å². The van der Waals surface area contributed by atoms with Gasteiger partial charge in [-0.2, -0.15) is 4.98 Å². The Morgan fingerprint density at radius 1 is 1.36 bits per heavy atom. The van der Waals surface area contributed by atoms with Gasteiger partial charge in [-0.05, 0) is 62.3 Å². The number of nitrogens with one attached hydrogen (secondary N) is 2. The van der Waals surface area contributed by atoms with Gasteiger partial charge in [-0.3, -0.25) is 4.79 Å². The SMILES string of the molecule is Cc1nc(=O)[nH]c(C)c1CCC(=O)NCCC1=CC[C@H]2C[C@@H]1C2(C)C. The molecule has 2 N–H and O–H groups in total. The van der Waals surface area contributed by atoms with Gasteiger partial charge in [0.05, 0.1) is 0 Å². The molecular formula is C20H29N3O2. The van der Waals surface area contributed by atoms with E-state index in [2.05, 4.69) is 35.2 Å². The fourth-order valence-corrected chi connectivity index (χ4v) is 4.55. The van der Waals surface area contributed by atoms with Crippen LogP contribution in [0.2, 0.25) is 0 Å². The highest BCUT2D eigenvalue weighted by Crippen LogP contribution is 2.59. The lowest BCUT2D eigenvalue weighted by Gasteiger charge is -2.56. The molecular weight excluding hydrogens is 314 g/mol. The molecule has 2 bridgehead atoms. The molecule has 25 heavy (non-hydrogen) atoms. The van der Waals surface area contributed by atoms with Gasteiger partial charge in [0.1, 0.15) is 0 Å². The summed E-state index contributed by atoms with van der Waals surface area (Å²) < 4.78 is 0. The molecule has 5 nitrogen and oxygen atoms in total. The Bertz CT molecular complexity index is 734. The average Bonchev–Trinajstić information content (AvgIpc) is 2.53. The third-order valence-electron chi connectivity index (χ3n) is 6.37. The van der Waals surface area contributed by atoms with Crippen molar-refractivity contribution in [2.75, 3.05) is 6.54 Å². The molecule has 5 heteroatoms. The highest BCUT2D eigenvalue weighted by Gasteiger charge is 2.50. The Balaban J connectivity index is 1.45. The molecule has 3 aliphatic carbocycles. The number of amides is 1. The molecule has 1 amide bonds. The van der Waals surface area contributed by atoms with Gasteiger partial charge in [-0.1, -0.05) is 25.5 Å². The molecule has 1 aromatic heterocycles. The van der Waals surface area contributed by atoms with E-state index in [-0.39, 0.29) is 11.6 Å². The molecule has 0 unspecified atom stereocenters. The maximum atomic E-state index is 12.1. The Hall–Kier alpha value is -1.91. The van der Waals surface area contributed by atoms with Crippen LogP contribution in [-0.4, -0.2) is 22.4 Å². The summed E-state index contributed by atoms with van der Waals surface area (Å²) in [6.45, 7) is 9.13. The smallest absolute Gasteiger partial charge is 0.345 e. The summed E-state index contributed by atoms with van der Waals surface area (Å²) >= 11 is 0. The number of fused-ring (bicyclic) bond motifs is 1. The molecule has 1 heterocycles. The minimum Gasteiger partial charge on any atom is -0.356 e. The molecule has 0 spiro atoms. The molecule has 1 aromatic rings. The summed E-state index contributed by atoms with van der Waals surface area (Å²) in [7, 11) is 0. The molecule has 0 radical (unpaired) electrons. The topological polar surface area (TPSA) is 74.8 Å². The molecule has 1 saturated carbocycles. The summed E-state index contributed by atoms with van der Waals surface area (Å²) in [5.41, 5.74) is 4.13. The van der Waals surface area contributed by atoms with Crippen LogP contribution in [0, 0.1) is 31.1 Å². The molecule has 0 saturated heterocycles. The zero-order valence-electron chi connectivity index (χ0n) is 15.7. The number of carbonyl (C=O) groups excluding carboxylic acids is 1. The van der Waals surface area contributed by atoms with Crippen molar-refractivity contribution in [2.45, 2.75) is 59.8 Å². The first kappa shape index (κ1) is 17.9. The third-order valence-corrected chi connectivity index (χ3v) is 6.37. The lowest BCUT2D eigenvalue weighted by molar-refractivity contribution is -0.121. The molecule has 2 atom stereocenters. The van der Waals surface area contributed by atoms with Crippen molar-refractivity contribution in [2.24, 2.45) is 17.3 Å². The first-order valence-electron chi connectivity index (χ1n) is 9.31. The van der Waals surface area contributed by atoms with Crippen LogP contribution >= 0.6 is 0 Å². The molecule has 0 aromatic carbocycles. The van der Waals surface area contributed by atoms with E-state index >= 15 is 0 Å². The second kappa shape index (κ2) is 6.77. The van der Waals surface area contributed by atoms with Gasteiger partial charge in [0.25, 0.3) is 0 Å². The lowest BCUT2D eigenvalue weighted by Crippen LogP contribution is -2.48. The van der Waals surface area contributed by atoms with E-state index in [0.29, 0.717) is 36.4 Å². The zero-order chi connectivity index (χ0) is 18.2. The molecule has 4 rings (SSSR count). The quantitative estimate of drug-likeness (QED) is 0.780. The van der Waals surface area contributed by atoms with Crippen LogP contribution in [0.1, 0.15) is 56.5 Å². The minimum atomic E-state index is -0.329. The van der Waals surface area contributed by atoms with Crippen molar-refractivity contribution >= 4 is 5.91 Å². The number of aryl methyl sites for hydroxylation is 2. The Morgan fingerprint density at radius 2 is 2.12 bits per heavy atom. The molecule has 1 fully saturated rings. The van der Waals surface area contributed by atoms with Gasteiger partial charge in [0.2, 0.25) is 5.91 Å². The first-order chi connectivity index (χ1) is 11.8. The highest BCUT2D eigenvalue weighted by atomic mass is 16.1. The number of H-pyrrole nitrogens is 1. The maximum absolute atomic E-state index is 12.1. The van der Waals surface area contributed by atoms with Gasteiger partial charge >= 0.3 is 5.69 Å². The van der Waals surface area contributed by atoms with Crippen molar-refractivity contribution in [1.82, 2.24) is 15.3 Å². The van der Waals surface area contributed by atoms with Crippen LogP contribution in [-0.2, 0) is 11.2 Å². The van der Waals surface area contributed by atoms with Gasteiger partial charge in [0, 0.05) is 24.4 Å². The van der Waals surface area contributed by atoms with E-state index < -0.39 is 0 Å². The molecule has 0 aliphatic heterocycles. The normalized spacial score (nSPS) is 23.6. The molecule has 3 aliphatic rings. The second-order valence-corrected chi connectivity index (χ2v) is 8.15. The van der Waals surface area contributed by atoms with Crippen molar-refractivity contribution in [3.63, 3.8) is 0 Å². The number of aromatic amines is 1. The average molecular weight is 343 g/mol. The second-order valence-electron chi connectivity index (χ2n) is 8.15. The van der Waals surface area contributed by atoms with Crippen LogP contribution in [0.5, 0.6) is 0 Å². The maximum Gasteiger partial charge on any atom is 0.345 e. The predicted molar refractivity (Wildman–Crippen MR) is 98.4 cm³/mol. The number of rotatable bonds is 6. The fourth-order valence-electron chi connectivity index (χ4n) is 4.55. The summed E-state index contributed by atoms with van der Waals surface area (Å²) in [5, 5.41) is 3.04. The van der Waals surface area contributed by atoms with Crippen LogP contribution in [0.3, 0.4) is 0 Å². The van der Waals surface area contributed by atoms with Crippen LogP contribution in [0.4, 0.5) is 0 Å². The van der Waals surface area contributed by atoms with Crippen molar-refractivity contribution in [3.05, 3.63) is 39.1 Å². The number of carbonyl (C=O) groups is 1. The largest absolute Gasteiger partial charge is 0.356 e. The van der Waals surface area contributed by atoms with E-state index in [9.17, 15) is 9.59 Å². The van der Waals surface area contributed by atoms with E-state index in [1.165, 1.54) is 18.4 Å². The lowest BCUT2D eigenvalue weighted by atomic mass is 9.48. The third kappa shape index (κ3) is 3.55. The summed E-state index contributed by atoms with van der Waals surface area (Å²) in [6, 6.07) is 0. The van der Waals surface area contributed by atoms with Crippen LogP contribution in [0.25, 0.3) is 0 Å². The van der Waals surface area contributed by atoms with Gasteiger partial charge in [-0.25, -0.2) is 4.79 Å². The molecule has 136 valence electrons. The van der Waals surface area contributed by atoms with E-state index in [0.717, 1.165) is 23.6 Å². The number of hydrogen-bond acceptors (Lipinski definition) is 3. The first-order valence-corrected chi connectivity index (χ1v) is 9.31. The van der Waals surface area contributed by atoms with Crippen molar-refractivity contribution in [1.29, 1.82) is 0 Å². The van der Waals surface area contributed by atoms with Gasteiger partial charge in [0.15, 0.2) is 0 Å². The Labute approximate surface area is 149 Å². The van der Waals surface area contributed by atoms with E-state index in [1.54, 1.807) is 0 Å².